The van der Waals surface area contributed by atoms with E-state index in [9.17, 15) is 8.78 Å². The molecule has 21 heavy (non-hydrogen) atoms. The lowest BCUT2D eigenvalue weighted by molar-refractivity contribution is -0.178. The molecule has 0 aromatic heterocycles. The standard InChI is InChI=1S/C16H18F2O3/c17-14-11(1-2-12(15(14)18)13-9-19-13)10-3-5-16(6-4-10)20-7-8-21-16/h1-2,10,13H,3-9H2. The van der Waals surface area contributed by atoms with Gasteiger partial charge in [0.2, 0.25) is 0 Å². The van der Waals surface area contributed by atoms with Gasteiger partial charge in [0, 0.05) is 18.4 Å². The maximum Gasteiger partial charge on any atom is 0.168 e. The molecule has 1 aromatic carbocycles. The molecule has 3 fully saturated rings. The molecule has 1 spiro atoms. The highest BCUT2D eigenvalue weighted by molar-refractivity contribution is 5.32. The first-order valence-corrected chi connectivity index (χ1v) is 7.56. The maximum absolute atomic E-state index is 14.3. The SMILES string of the molecule is Fc1c(C2CCC3(CC2)OCCO3)ccc(C2CO2)c1F. The number of hydrogen-bond acceptors (Lipinski definition) is 3. The summed E-state index contributed by atoms with van der Waals surface area (Å²) >= 11 is 0. The van der Waals surface area contributed by atoms with E-state index in [1.54, 1.807) is 12.1 Å². The van der Waals surface area contributed by atoms with Gasteiger partial charge in [-0.05, 0) is 24.3 Å². The van der Waals surface area contributed by atoms with E-state index in [0.717, 1.165) is 25.7 Å². The van der Waals surface area contributed by atoms with Crippen LogP contribution in [0.5, 0.6) is 0 Å². The van der Waals surface area contributed by atoms with Crippen molar-refractivity contribution in [2.75, 3.05) is 19.8 Å². The van der Waals surface area contributed by atoms with E-state index in [1.807, 2.05) is 0 Å². The van der Waals surface area contributed by atoms with Crippen LogP contribution in [0.3, 0.4) is 0 Å². The average molecular weight is 296 g/mol. The molecular formula is C16H18F2O3. The summed E-state index contributed by atoms with van der Waals surface area (Å²) in [4.78, 5) is 0. The number of benzene rings is 1. The summed E-state index contributed by atoms with van der Waals surface area (Å²) < 4.78 is 44.8. The zero-order valence-electron chi connectivity index (χ0n) is 11.7. The molecule has 0 radical (unpaired) electrons. The van der Waals surface area contributed by atoms with E-state index in [1.165, 1.54) is 0 Å². The fourth-order valence-electron chi connectivity index (χ4n) is 3.53. The Morgan fingerprint density at radius 3 is 2.14 bits per heavy atom. The van der Waals surface area contributed by atoms with Gasteiger partial charge in [0.05, 0.1) is 19.8 Å². The molecule has 3 aliphatic rings. The van der Waals surface area contributed by atoms with E-state index in [-0.39, 0.29) is 12.0 Å². The third-order valence-electron chi connectivity index (χ3n) is 4.82. The van der Waals surface area contributed by atoms with Crippen molar-refractivity contribution in [1.82, 2.24) is 0 Å². The normalized spacial score (nSPS) is 28.2. The van der Waals surface area contributed by atoms with Crippen LogP contribution in [0.4, 0.5) is 8.78 Å². The number of epoxide rings is 1. The van der Waals surface area contributed by atoms with Crippen molar-refractivity contribution in [2.24, 2.45) is 0 Å². The van der Waals surface area contributed by atoms with Crippen molar-refractivity contribution in [3.63, 3.8) is 0 Å². The van der Waals surface area contributed by atoms with Crippen molar-refractivity contribution >= 4 is 0 Å². The van der Waals surface area contributed by atoms with Gasteiger partial charge in [0.15, 0.2) is 17.4 Å². The van der Waals surface area contributed by atoms with E-state index in [4.69, 9.17) is 14.2 Å². The molecule has 0 amide bonds. The largest absolute Gasteiger partial charge is 0.368 e. The number of halogens is 2. The molecule has 2 heterocycles. The molecule has 0 N–H and O–H groups in total. The average Bonchev–Trinajstić information content (AvgIpc) is 3.24. The Kier molecular flexibility index (Phi) is 3.24. The molecule has 1 aliphatic carbocycles. The van der Waals surface area contributed by atoms with Crippen molar-refractivity contribution in [2.45, 2.75) is 43.5 Å². The summed E-state index contributed by atoms with van der Waals surface area (Å²) in [6.07, 6.45) is 2.74. The number of ether oxygens (including phenoxy) is 3. The van der Waals surface area contributed by atoms with Gasteiger partial charge in [-0.1, -0.05) is 12.1 Å². The second-order valence-corrected chi connectivity index (χ2v) is 6.08. The summed E-state index contributed by atoms with van der Waals surface area (Å²) in [7, 11) is 0. The van der Waals surface area contributed by atoms with Crippen LogP contribution < -0.4 is 0 Å². The van der Waals surface area contributed by atoms with E-state index in [0.29, 0.717) is 30.9 Å². The van der Waals surface area contributed by atoms with Gasteiger partial charge in [-0.3, -0.25) is 0 Å². The van der Waals surface area contributed by atoms with E-state index >= 15 is 0 Å². The van der Waals surface area contributed by atoms with Gasteiger partial charge in [0.25, 0.3) is 0 Å². The highest BCUT2D eigenvalue weighted by Gasteiger charge is 2.41. The zero-order valence-corrected chi connectivity index (χ0v) is 11.7. The second-order valence-electron chi connectivity index (χ2n) is 6.08. The van der Waals surface area contributed by atoms with Crippen molar-refractivity contribution < 1.29 is 23.0 Å². The van der Waals surface area contributed by atoms with Crippen molar-refractivity contribution in [3.05, 3.63) is 34.9 Å². The Morgan fingerprint density at radius 1 is 0.952 bits per heavy atom. The Labute approximate surface area is 122 Å². The molecule has 2 saturated heterocycles. The minimum atomic E-state index is -0.747. The number of rotatable bonds is 2. The van der Waals surface area contributed by atoms with Crippen LogP contribution in [0.25, 0.3) is 0 Å². The van der Waals surface area contributed by atoms with Crippen LogP contribution in [0.2, 0.25) is 0 Å². The topological polar surface area (TPSA) is 31.0 Å². The fraction of sp³-hybridized carbons (Fsp3) is 0.625. The first-order chi connectivity index (χ1) is 10.2. The molecule has 5 heteroatoms. The van der Waals surface area contributed by atoms with Gasteiger partial charge >= 0.3 is 0 Å². The smallest absolute Gasteiger partial charge is 0.168 e. The minimum absolute atomic E-state index is 0.0343. The van der Waals surface area contributed by atoms with E-state index < -0.39 is 17.4 Å². The second kappa shape index (κ2) is 5.00. The molecule has 1 unspecified atom stereocenters. The van der Waals surface area contributed by atoms with Crippen LogP contribution in [0, 0.1) is 11.6 Å². The number of hydrogen-bond donors (Lipinski definition) is 0. The quantitative estimate of drug-likeness (QED) is 0.783. The predicted molar refractivity (Wildman–Crippen MR) is 70.9 cm³/mol. The lowest BCUT2D eigenvalue weighted by atomic mass is 9.80. The molecule has 1 atom stereocenters. The highest BCUT2D eigenvalue weighted by atomic mass is 19.2. The molecule has 3 nitrogen and oxygen atoms in total. The van der Waals surface area contributed by atoms with Gasteiger partial charge in [0.1, 0.15) is 6.10 Å². The molecule has 1 saturated carbocycles. The summed E-state index contributed by atoms with van der Waals surface area (Å²) in [5, 5.41) is 0. The summed E-state index contributed by atoms with van der Waals surface area (Å²) in [5.41, 5.74) is 0.815. The zero-order chi connectivity index (χ0) is 14.4. The Hall–Kier alpha value is -1.04. The highest BCUT2D eigenvalue weighted by Crippen LogP contribution is 2.44. The van der Waals surface area contributed by atoms with Crippen molar-refractivity contribution in [3.8, 4) is 0 Å². The third-order valence-corrected chi connectivity index (χ3v) is 4.82. The molecule has 2 aliphatic heterocycles. The lowest BCUT2D eigenvalue weighted by Gasteiger charge is -2.35. The molecule has 0 bridgehead atoms. The van der Waals surface area contributed by atoms with Crippen LogP contribution in [0.15, 0.2) is 12.1 Å². The maximum atomic E-state index is 14.3. The summed E-state index contributed by atoms with van der Waals surface area (Å²) in [6, 6.07) is 3.38. The summed E-state index contributed by atoms with van der Waals surface area (Å²) in [6.45, 7) is 1.74. The van der Waals surface area contributed by atoms with Gasteiger partial charge < -0.3 is 14.2 Å². The molecular weight excluding hydrogens is 278 g/mol. The molecule has 4 rings (SSSR count). The Morgan fingerprint density at radius 2 is 1.52 bits per heavy atom. The Balaban J connectivity index is 1.53. The summed E-state index contributed by atoms with van der Waals surface area (Å²) in [5.74, 6) is -1.89. The fourth-order valence-corrected chi connectivity index (χ4v) is 3.53. The predicted octanol–water partition coefficient (Wildman–Crippen LogP) is 3.44. The van der Waals surface area contributed by atoms with Crippen LogP contribution >= 0.6 is 0 Å². The first-order valence-electron chi connectivity index (χ1n) is 7.56. The van der Waals surface area contributed by atoms with Gasteiger partial charge in [-0.2, -0.15) is 0 Å². The minimum Gasteiger partial charge on any atom is -0.368 e. The van der Waals surface area contributed by atoms with Gasteiger partial charge in [-0.25, -0.2) is 8.78 Å². The molecule has 1 aromatic rings. The van der Waals surface area contributed by atoms with Crippen LogP contribution in [-0.4, -0.2) is 25.6 Å². The van der Waals surface area contributed by atoms with E-state index in [2.05, 4.69) is 0 Å². The molecule has 114 valence electrons. The third kappa shape index (κ3) is 2.37. The van der Waals surface area contributed by atoms with Crippen LogP contribution in [0.1, 0.15) is 48.8 Å². The van der Waals surface area contributed by atoms with Crippen LogP contribution in [-0.2, 0) is 14.2 Å². The first kappa shape index (κ1) is 13.6. The Bertz CT molecular complexity index is 541. The van der Waals surface area contributed by atoms with Crippen molar-refractivity contribution in [1.29, 1.82) is 0 Å². The van der Waals surface area contributed by atoms with Gasteiger partial charge in [-0.15, -0.1) is 0 Å². The monoisotopic (exact) mass is 296 g/mol. The lowest BCUT2D eigenvalue weighted by Crippen LogP contribution is -2.34.